The van der Waals surface area contributed by atoms with Crippen molar-refractivity contribution in [1.29, 1.82) is 5.26 Å². The van der Waals surface area contributed by atoms with E-state index >= 15 is 0 Å². The van der Waals surface area contributed by atoms with Gasteiger partial charge in [0.1, 0.15) is 0 Å². The van der Waals surface area contributed by atoms with Crippen LogP contribution in [0, 0.1) is 11.3 Å². The maximum Gasteiger partial charge on any atom is 0.254 e. The quantitative estimate of drug-likeness (QED) is 0.815. The Morgan fingerprint density at radius 1 is 1.53 bits per heavy atom. The van der Waals surface area contributed by atoms with E-state index in [1.807, 2.05) is 18.2 Å². The van der Waals surface area contributed by atoms with E-state index in [1.165, 1.54) is 5.56 Å². The van der Waals surface area contributed by atoms with Gasteiger partial charge in [0.05, 0.1) is 19.2 Å². The summed E-state index contributed by atoms with van der Waals surface area (Å²) in [5.74, 6) is -0.0155. The molecule has 2 aliphatic rings. The Bertz CT molecular complexity index is 550. The summed E-state index contributed by atoms with van der Waals surface area (Å²) in [7, 11) is 0. The van der Waals surface area contributed by atoms with E-state index in [1.54, 1.807) is 4.90 Å². The van der Waals surface area contributed by atoms with Crippen molar-refractivity contribution in [3.63, 3.8) is 0 Å². The van der Waals surface area contributed by atoms with Crippen molar-refractivity contribution < 1.29 is 9.53 Å². The number of hydrogen-bond acceptors (Lipinski definition) is 4. The molecule has 98 valence electrons. The highest BCUT2D eigenvalue weighted by atomic mass is 16.5. The average Bonchev–Trinajstić information content (AvgIpc) is 2.94. The number of rotatable bonds is 1. The smallest absolute Gasteiger partial charge is 0.254 e. The van der Waals surface area contributed by atoms with Gasteiger partial charge in [-0.25, -0.2) is 0 Å². The van der Waals surface area contributed by atoms with Gasteiger partial charge < -0.3 is 15.0 Å². The molecular formula is C14H15N3O2. The van der Waals surface area contributed by atoms with E-state index in [4.69, 9.17) is 10.00 Å². The summed E-state index contributed by atoms with van der Waals surface area (Å²) >= 11 is 0. The van der Waals surface area contributed by atoms with Crippen LogP contribution in [0.15, 0.2) is 18.2 Å². The molecule has 0 spiro atoms. The Morgan fingerprint density at radius 3 is 3.26 bits per heavy atom. The molecule has 1 atom stereocenters. The van der Waals surface area contributed by atoms with Crippen LogP contribution in [0.25, 0.3) is 0 Å². The maximum absolute atomic E-state index is 12.4. The second-order valence-electron chi connectivity index (χ2n) is 4.79. The molecule has 0 bridgehead atoms. The van der Waals surface area contributed by atoms with Crippen LogP contribution in [-0.4, -0.2) is 43.2 Å². The van der Waals surface area contributed by atoms with Gasteiger partial charge in [0.15, 0.2) is 6.10 Å². The van der Waals surface area contributed by atoms with Crippen LogP contribution in [-0.2, 0) is 11.2 Å². The van der Waals surface area contributed by atoms with Gasteiger partial charge in [0.2, 0.25) is 0 Å². The first-order chi connectivity index (χ1) is 9.28. The summed E-state index contributed by atoms with van der Waals surface area (Å²) < 4.78 is 5.25. The van der Waals surface area contributed by atoms with Crippen molar-refractivity contribution in [3.05, 3.63) is 29.3 Å². The van der Waals surface area contributed by atoms with Crippen LogP contribution in [0.2, 0.25) is 0 Å². The molecule has 1 amide bonds. The number of anilines is 1. The fourth-order valence-electron chi connectivity index (χ4n) is 2.53. The van der Waals surface area contributed by atoms with E-state index in [0.29, 0.717) is 25.3 Å². The minimum Gasteiger partial charge on any atom is -0.384 e. The van der Waals surface area contributed by atoms with Crippen LogP contribution in [0.1, 0.15) is 15.9 Å². The highest BCUT2D eigenvalue weighted by Crippen LogP contribution is 2.24. The molecule has 19 heavy (non-hydrogen) atoms. The fraction of sp³-hybridized carbons (Fsp3) is 0.429. The molecule has 1 saturated heterocycles. The number of nitriles is 1. The van der Waals surface area contributed by atoms with Crippen LogP contribution in [0.5, 0.6) is 0 Å². The number of nitrogens with one attached hydrogen (secondary N) is 1. The zero-order valence-corrected chi connectivity index (χ0v) is 10.6. The lowest BCUT2D eigenvalue weighted by molar-refractivity contribution is 0.00346. The maximum atomic E-state index is 12.4. The third-order valence-corrected chi connectivity index (χ3v) is 3.56. The lowest BCUT2D eigenvalue weighted by Crippen LogP contribution is -2.45. The van der Waals surface area contributed by atoms with E-state index < -0.39 is 6.10 Å². The number of fused-ring (bicyclic) bond motifs is 1. The molecule has 3 rings (SSSR count). The van der Waals surface area contributed by atoms with Crippen molar-refractivity contribution >= 4 is 11.6 Å². The lowest BCUT2D eigenvalue weighted by atomic mass is 10.1. The fourth-order valence-corrected chi connectivity index (χ4v) is 2.53. The summed E-state index contributed by atoms with van der Waals surface area (Å²) in [5, 5.41) is 12.1. The largest absolute Gasteiger partial charge is 0.384 e. The minimum absolute atomic E-state index is 0.0155. The topological polar surface area (TPSA) is 65.4 Å². The van der Waals surface area contributed by atoms with Crippen LogP contribution in [0.4, 0.5) is 5.69 Å². The molecule has 0 aromatic heterocycles. The van der Waals surface area contributed by atoms with Gasteiger partial charge in [-0.05, 0) is 30.2 Å². The van der Waals surface area contributed by atoms with Crippen molar-refractivity contribution in [2.24, 2.45) is 0 Å². The van der Waals surface area contributed by atoms with Gasteiger partial charge in [-0.2, -0.15) is 5.26 Å². The van der Waals surface area contributed by atoms with E-state index in [0.717, 1.165) is 18.7 Å². The summed E-state index contributed by atoms with van der Waals surface area (Å²) in [6.45, 7) is 2.26. The first-order valence-electron chi connectivity index (χ1n) is 6.45. The number of ether oxygens (including phenoxy) is 1. The highest BCUT2D eigenvalue weighted by molar-refractivity contribution is 5.95. The molecule has 0 radical (unpaired) electrons. The van der Waals surface area contributed by atoms with Gasteiger partial charge in [-0.1, -0.05) is 0 Å². The summed E-state index contributed by atoms with van der Waals surface area (Å²) in [5.41, 5.74) is 3.01. The number of morpholine rings is 1. The Kier molecular flexibility index (Phi) is 3.10. The highest BCUT2D eigenvalue weighted by Gasteiger charge is 2.25. The third-order valence-electron chi connectivity index (χ3n) is 3.56. The Labute approximate surface area is 111 Å². The van der Waals surface area contributed by atoms with E-state index in [2.05, 4.69) is 11.4 Å². The molecule has 2 aliphatic heterocycles. The van der Waals surface area contributed by atoms with E-state index in [-0.39, 0.29) is 5.91 Å². The van der Waals surface area contributed by atoms with Gasteiger partial charge in [-0.3, -0.25) is 4.79 Å². The molecule has 1 aromatic rings. The van der Waals surface area contributed by atoms with Crippen LogP contribution < -0.4 is 5.32 Å². The predicted octanol–water partition coefficient (Wildman–Crippen LogP) is 1.02. The van der Waals surface area contributed by atoms with Crippen LogP contribution in [0.3, 0.4) is 0 Å². The summed E-state index contributed by atoms with van der Waals surface area (Å²) in [4.78, 5) is 14.1. The molecule has 2 heterocycles. The normalized spacial score (nSPS) is 21.4. The molecule has 5 nitrogen and oxygen atoms in total. The SMILES string of the molecule is N#CC1CN(C(=O)c2ccc3c(c2)CCN3)CCO1. The van der Waals surface area contributed by atoms with Gasteiger partial charge in [-0.15, -0.1) is 0 Å². The van der Waals surface area contributed by atoms with Gasteiger partial charge in [0, 0.05) is 24.3 Å². The zero-order valence-electron chi connectivity index (χ0n) is 10.6. The Balaban J connectivity index is 1.78. The average molecular weight is 257 g/mol. The zero-order chi connectivity index (χ0) is 13.2. The lowest BCUT2D eigenvalue weighted by Gasteiger charge is -2.29. The molecule has 1 N–H and O–H groups in total. The molecular weight excluding hydrogens is 242 g/mol. The number of amides is 1. The van der Waals surface area contributed by atoms with Crippen molar-refractivity contribution in [2.45, 2.75) is 12.5 Å². The first-order valence-corrected chi connectivity index (χ1v) is 6.45. The molecule has 5 heteroatoms. The minimum atomic E-state index is -0.506. The van der Waals surface area contributed by atoms with Crippen molar-refractivity contribution in [2.75, 3.05) is 31.6 Å². The monoisotopic (exact) mass is 257 g/mol. The molecule has 1 unspecified atom stereocenters. The number of carbonyl (C=O) groups is 1. The van der Waals surface area contributed by atoms with Crippen molar-refractivity contribution in [3.8, 4) is 6.07 Å². The van der Waals surface area contributed by atoms with E-state index in [9.17, 15) is 4.79 Å². The second-order valence-corrected chi connectivity index (χ2v) is 4.79. The number of benzene rings is 1. The second kappa shape index (κ2) is 4.90. The number of nitrogens with zero attached hydrogens (tertiary/aromatic N) is 2. The number of carbonyl (C=O) groups excluding carboxylic acids is 1. The van der Waals surface area contributed by atoms with Gasteiger partial charge in [0.25, 0.3) is 5.91 Å². The summed E-state index contributed by atoms with van der Waals surface area (Å²) in [6.07, 6.45) is 0.453. The first kappa shape index (κ1) is 12.0. The Hall–Kier alpha value is -2.06. The van der Waals surface area contributed by atoms with Gasteiger partial charge >= 0.3 is 0 Å². The molecule has 1 aromatic carbocycles. The summed E-state index contributed by atoms with van der Waals surface area (Å²) in [6, 6.07) is 7.81. The predicted molar refractivity (Wildman–Crippen MR) is 69.9 cm³/mol. The number of hydrogen-bond donors (Lipinski definition) is 1. The molecule has 0 saturated carbocycles. The van der Waals surface area contributed by atoms with Crippen molar-refractivity contribution in [1.82, 2.24) is 4.90 Å². The third kappa shape index (κ3) is 2.27. The van der Waals surface area contributed by atoms with Crippen LogP contribution >= 0.6 is 0 Å². The standard InChI is InChI=1S/C14H15N3O2/c15-8-12-9-17(5-6-19-12)14(18)11-1-2-13-10(7-11)3-4-16-13/h1-2,7,12,16H,3-6,9H2. The molecule has 1 fully saturated rings. The molecule has 0 aliphatic carbocycles. The Morgan fingerprint density at radius 2 is 2.42 bits per heavy atom.